The fourth-order valence-corrected chi connectivity index (χ4v) is 10.5. The quantitative estimate of drug-likeness (QED) is 0.268. The van der Waals surface area contributed by atoms with Gasteiger partial charge < -0.3 is 38.3 Å². The van der Waals surface area contributed by atoms with Crippen molar-refractivity contribution >= 4 is 17.9 Å². The van der Waals surface area contributed by atoms with Gasteiger partial charge in [0.2, 0.25) is 0 Å². The Balaban J connectivity index is 1.35. The number of esters is 3. The van der Waals surface area contributed by atoms with Crippen LogP contribution in [0.4, 0.5) is 0 Å². The van der Waals surface area contributed by atoms with Gasteiger partial charge in [-0.15, -0.1) is 0 Å². The molecule has 0 amide bonds. The monoisotopic (exact) mass is 674 g/mol. The second kappa shape index (κ2) is 10.5. The van der Waals surface area contributed by atoms with Gasteiger partial charge in [0.25, 0.3) is 0 Å². The highest BCUT2D eigenvalue weighted by atomic mass is 16.9. The van der Waals surface area contributed by atoms with Gasteiger partial charge in [0.1, 0.15) is 35.6 Å². The van der Waals surface area contributed by atoms with E-state index >= 15 is 0 Å². The zero-order chi connectivity index (χ0) is 34.9. The van der Waals surface area contributed by atoms with E-state index in [1.54, 1.807) is 37.3 Å². The maximum atomic E-state index is 13.9. The molecule has 11 heteroatoms. The molecule has 4 saturated heterocycles. The Labute approximate surface area is 284 Å². The first-order chi connectivity index (χ1) is 23.2. The Morgan fingerprint density at radius 3 is 2.04 bits per heavy atom. The Morgan fingerprint density at radius 2 is 1.43 bits per heavy atom. The molecule has 0 aromatic heterocycles. The number of aliphatic hydroxyl groups is 1. The molecule has 1 spiro atoms. The molecule has 11 nitrogen and oxygen atoms in total. The van der Waals surface area contributed by atoms with Crippen molar-refractivity contribution < 1.29 is 52.6 Å². The average Bonchev–Trinajstić information content (AvgIpc) is 3.68. The molecule has 6 aliphatic rings. The standard InChI is InChI=1S/C38H42O11/c1-19(2)36-29-21(4)35(42)26-18-20(3)28(43-22(5)39)37(26)33(45-32(41)24-14-10-8-11-15-24)34(7,48-37)30(44-23(6)40)27(35)31(36)47-38(46-29,49-36)25-16-12-9-13-17-25/h8-17,20-21,26-31,33,42H,1,18H2,2-7H3/t20-,21+,26-,27-,28-,29-,30-,31+,33+,34+,35-,36-,37+,38+/m0/s1. The van der Waals surface area contributed by atoms with E-state index in [-0.39, 0.29) is 5.92 Å². The lowest BCUT2D eigenvalue weighted by atomic mass is 9.53. The summed E-state index contributed by atoms with van der Waals surface area (Å²) in [6, 6.07) is 17.8. The summed E-state index contributed by atoms with van der Waals surface area (Å²) in [4.78, 5) is 39.6. The van der Waals surface area contributed by atoms with Crippen LogP contribution in [0.25, 0.3) is 0 Å². The van der Waals surface area contributed by atoms with Crippen molar-refractivity contribution in [2.75, 3.05) is 0 Å². The van der Waals surface area contributed by atoms with Crippen LogP contribution in [-0.2, 0) is 48.7 Å². The molecule has 4 aliphatic heterocycles. The van der Waals surface area contributed by atoms with Crippen LogP contribution in [-0.4, -0.2) is 75.9 Å². The Morgan fingerprint density at radius 1 is 0.837 bits per heavy atom. The lowest BCUT2D eigenvalue weighted by Crippen LogP contribution is -2.80. The van der Waals surface area contributed by atoms with Crippen LogP contribution in [0.15, 0.2) is 72.8 Å². The molecule has 4 heterocycles. The predicted octanol–water partition coefficient (Wildman–Crippen LogP) is 4.21. The minimum Gasteiger partial charge on any atom is -0.459 e. The summed E-state index contributed by atoms with van der Waals surface area (Å²) >= 11 is 0. The third kappa shape index (κ3) is 3.93. The number of rotatable bonds is 6. The maximum absolute atomic E-state index is 13.9. The summed E-state index contributed by atoms with van der Waals surface area (Å²) in [5.74, 6) is -6.20. The van der Waals surface area contributed by atoms with E-state index in [1.807, 2.05) is 51.1 Å². The topological polar surface area (TPSA) is 136 Å². The number of hydrogen-bond donors (Lipinski definition) is 1. The number of carbonyl (C=O) groups excluding carboxylic acids is 3. The molecule has 2 aromatic rings. The van der Waals surface area contributed by atoms with E-state index < -0.39 is 94.6 Å². The summed E-state index contributed by atoms with van der Waals surface area (Å²) in [6.07, 6.45) is -4.59. The molecule has 49 heavy (non-hydrogen) atoms. The summed E-state index contributed by atoms with van der Waals surface area (Å²) in [5.41, 5.74) is -4.44. The second-order valence-electron chi connectivity index (χ2n) is 15.0. The van der Waals surface area contributed by atoms with Gasteiger partial charge in [0.05, 0.1) is 17.1 Å². The molecular formula is C38H42O11. The first-order valence-corrected chi connectivity index (χ1v) is 17.0. The van der Waals surface area contributed by atoms with Crippen LogP contribution in [0.1, 0.15) is 63.9 Å². The fourth-order valence-electron chi connectivity index (χ4n) is 10.5. The molecule has 2 aliphatic carbocycles. The average molecular weight is 675 g/mol. The molecule has 6 fully saturated rings. The highest BCUT2D eigenvalue weighted by Crippen LogP contribution is 2.74. The van der Waals surface area contributed by atoms with Crippen molar-refractivity contribution in [1.29, 1.82) is 0 Å². The molecule has 0 radical (unpaired) electrons. The van der Waals surface area contributed by atoms with Crippen molar-refractivity contribution in [2.24, 2.45) is 23.7 Å². The molecule has 2 aromatic carbocycles. The molecule has 0 unspecified atom stereocenters. The number of ether oxygens (including phenoxy) is 7. The summed E-state index contributed by atoms with van der Waals surface area (Å²) in [6.45, 7) is 14.3. The van der Waals surface area contributed by atoms with Crippen molar-refractivity contribution in [2.45, 2.75) is 107 Å². The van der Waals surface area contributed by atoms with Crippen molar-refractivity contribution in [3.8, 4) is 0 Å². The largest absolute Gasteiger partial charge is 0.459 e. The van der Waals surface area contributed by atoms with E-state index in [4.69, 9.17) is 33.2 Å². The molecule has 8 rings (SSSR count). The van der Waals surface area contributed by atoms with Crippen LogP contribution in [0.5, 0.6) is 0 Å². The minimum absolute atomic E-state index is 0.305. The van der Waals surface area contributed by atoms with Crippen molar-refractivity contribution in [3.05, 3.63) is 83.9 Å². The Kier molecular flexibility index (Phi) is 6.96. The molecule has 260 valence electrons. The minimum atomic E-state index is -1.74. The van der Waals surface area contributed by atoms with Gasteiger partial charge in [-0.05, 0) is 43.9 Å². The first-order valence-electron chi connectivity index (χ1n) is 17.0. The third-order valence-electron chi connectivity index (χ3n) is 12.3. The molecule has 14 atom stereocenters. The lowest BCUT2D eigenvalue weighted by molar-refractivity contribution is -0.389. The Hall–Kier alpha value is -3.61. The van der Waals surface area contributed by atoms with Gasteiger partial charge in [-0.3, -0.25) is 9.59 Å². The van der Waals surface area contributed by atoms with Gasteiger partial charge in [-0.2, -0.15) is 0 Å². The van der Waals surface area contributed by atoms with E-state index in [2.05, 4.69) is 6.58 Å². The number of benzene rings is 2. The van der Waals surface area contributed by atoms with Gasteiger partial charge in [-0.1, -0.05) is 69.0 Å². The van der Waals surface area contributed by atoms with E-state index in [0.717, 1.165) is 0 Å². The molecule has 1 N–H and O–H groups in total. The van der Waals surface area contributed by atoms with E-state index in [0.29, 0.717) is 23.1 Å². The highest BCUT2D eigenvalue weighted by molar-refractivity contribution is 5.89. The van der Waals surface area contributed by atoms with Gasteiger partial charge >= 0.3 is 23.9 Å². The number of fused-ring (bicyclic) bond motifs is 5. The molecule has 4 bridgehead atoms. The Bertz CT molecular complexity index is 1730. The summed E-state index contributed by atoms with van der Waals surface area (Å²) in [7, 11) is 0. The van der Waals surface area contributed by atoms with Crippen LogP contribution in [0.2, 0.25) is 0 Å². The SMILES string of the molecule is C=C(C)[C@@]12O[C@@]3(c4ccccc4)O[C@@H]1[C@@H]1[C@H](OC(C)=O)[C@@]4(C)O[C@@]5([C@@H]4OC(=O)c4ccccc4)[C@@H](OC(C)=O)[C@@H](C)C[C@H]5[C@@]1(O)[C@H](C)[C@@H]2O3. The summed E-state index contributed by atoms with van der Waals surface area (Å²) in [5, 5.41) is 13.6. The van der Waals surface area contributed by atoms with Crippen LogP contribution < -0.4 is 0 Å². The van der Waals surface area contributed by atoms with Crippen LogP contribution in [0, 0.1) is 23.7 Å². The van der Waals surface area contributed by atoms with Gasteiger partial charge in [-0.25, -0.2) is 4.79 Å². The zero-order valence-corrected chi connectivity index (χ0v) is 28.4. The number of carbonyl (C=O) groups is 3. The third-order valence-corrected chi connectivity index (χ3v) is 12.3. The van der Waals surface area contributed by atoms with Gasteiger partial charge in [0.15, 0.2) is 11.7 Å². The van der Waals surface area contributed by atoms with Crippen molar-refractivity contribution in [1.82, 2.24) is 0 Å². The first kappa shape index (κ1) is 32.6. The fraction of sp³-hybridized carbons (Fsp3) is 0.553. The smallest absolute Gasteiger partial charge is 0.338 e. The normalized spacial score (nSPS) is 46.8. The van der Waals surface area contributed by atoms with Crippen molar-refractivity contribution in [3.63, 3.8) is 0 Å². The van der Waals surface area contributed by atoms with E-state index in [9.17, 15) is 19.5 Å². The van der Waals surface area contributed by atoms with E-state index in [1.165, 1.54) is 13.8 Å². The zero-order valence-electron chi connectivity index (χ0n) is 28.4. The highest BCUT2D eigenvalue weighted by Gasteiger charge is 2.90. The molecular weight excluding hydrogens is 632 g/mol. The van der Waals surface area contributed by atoms with Crippen LogP contribution >= 0.6 is 0 Å². The predicted molar refractivity (Wildman–Crippen MR) is 170 cm³/mol. The maximum Gasteiger partial charge on any atom is 0.338 e. The second-order valence-corrected chi connectivity index (χ2v) is 15.0. The lowest BCUT2D eigenvalue weighted by Gasteiger charge is -2.62. The molecule has 2 saturated carbocycles. The summed E-state index contributed by atoms with van der Waals surface area (Å²) < 4.78 is 46.1. The van der Waals surface area contributed by atoms with Crippen LogP contribution in [0.3, 0.4) is 0 Å². The number of hydrogen-bond acceptors (Lipinski definition) is 11. The van der Waals surface area contributed by atoms with Gasteiger partial charge in [0, 0.05) is 31.2 Å².